The number of rotatable bonds is 1. The number of hydrogen-bond acceptors (Lipinski definition) is 2. The molecule has 21 heavy (non-hydrogen) atoms. The van der Waals surface area contributed by atoms with E-state index >= 15 is 0 Å². The first-order valence-corrected chi connectivity index (χ1v) is 8.17. The van der Waals surface area contributed by atoms with Gasteiger partial charge in [-0.1, -0.05) is 26.8 Å². The summed E-state index contributed by atoms with van der Waals surface area (Å²) in [6.45, 7) is 9.17. The van der Waals surface area contributed by atoms with Crippen molar-refractivity contribution in [2.45, 2.75) is 46.5 Å². The lowest BCUT2D eigenvalue weighted by Gasteiger charge is -2.35. The van der Waals surface area contributed by atoms with E-state index in [9.17, 15) is 4.79 Å². The Labute approximate surface area is 127 Å². The van der Waals surface area contributed by atoms with Gasteiger partial charge in [-0.05, 0) is 43.4 Å². The zero-order valence-electron chi connectivity index (χ0n) is 13.5. The number of benzene rings is 1. The highest BCUT2D eigenvalue weighted by Crippen LogP contribution is 2.34. The number of nitrogens with zero attached hydrogens (tertiary/aromatic N) is 2. The molecule has 0 radical (unpaired) electrons. The van der Waals surface area contributed by atoms with Crippen molar-refractivity contribution in [2.24, 2.45) is 5.41 Å². The van der Waals surface area contributed by atoms with E-state index < -0.39 is 0 Å². The zero-order chi connectivity index (χ0) is 15.0. The molecule has 3 nitrogen and oxygen atoms in total. The van der Waals surface area contributed by atoms with Crippen molar-refractivity contribution in [1.82, 2.24) is 0 Å². The molecule has 2 heterocycles. The lowest BCUT2D eigenvalue weighted by molar-refractivity contribution is -0.125. The smallest absolute Gasteiger partial charge is 0.232 e. The molecule has 0 atom stereocenters. The van der Waals surface area contributed by atoms with Gasteiger partial charge in [-0.3, -0.25) is 4.79 Å². The van der Waals surface area contributed by atoms with Gasteiger partial charge in [0.15, 0.2) is 0 Å². The monoisotopic (exact) mass is 286 g/mol. The van der Waals surface area contributed by atoms with Crippen LogP contribution in [-0.2, 0) is 11.2 Å². The number of carbonyl (C=O) groups excluding carboxylic acids is 1. The highest BCUT2D eigenvalue weighted by Gasteiger charge is 2.31. The highest BCUT2D eigenvalue weighted by atomic mass is 16.2. The first-order chi connectivity index (χ1) is 9.97. The van der Waals surface area contributed by atoms with Gasteiger partial charge in [-0.15, -0.1) is 0 Å². The van der Waals surface area contributed by atoms with Crippen LogP contribution in [0.5, 0.6) is 0 Å². The molecule has 2 aliphatic rings. The molecular weight excluding hydrogens is 260 g/mol. The largest absolute Gasteiger partial charge is 0.371 e. The van der Waals surface area contributed by atoms with E-state index in [1.54, 1.807) is 0 Å². The fraction of sp³-hybridized carbons (Fsp3) is 0.611. The Balaban J connectivity index is 1.95. The summed E-state index contributed by atoms with van der Waals surface area (Å²) in [6, 6.07) is 6.70. The zero-order valence-corrected chi connectivity index (χ0v) is 13.5. The number of aryl methyl sites for hydroxylation is 1. The third-order valence-electron chi connectivity index (χ3n) is 4.55. The molecular formula is C18H26N2O. The van der Waals surface area contributed by atoms with Gasteiger partial charge in [0.1, 0.15) is 0 Å². The van der Waals surface area contributed by atoms with Crippen molar-refractivity contribution >= 4 is 17.3 Å². The molecule has 2 aliphatic heterocycles. The predicted molar refractivity (Wildman–Crippen MR) is 88.0 cm³/mol. The quantitative estimate of drug-likeness (QED) is 0.787. The molecule has 0 spiro atoms. The fourth-order valence-corrected chi connectivity index (χ4v) is 3.35. The molecule has 0 N–H and O–H groups in total. The Kier molecular flexibility index (Phi) is 3.68. The van der Waals surface area contributed by atoms with Crippen LogP contribution >= 0.6 is 0 Å². The highest BCUT2D eigenvalue weighted by molar-refractivity contribution is 5.98. The normalized spacial score (nSPS) is 18.8. The summed E-state index contributed by atoms with van der Waals surface area (Å²) in [5.41, 5.74) is 3.42. The van der Waals surface area contributed by atoms with Gasteiger partial charge < -0.3 is 9.80 Å². The molecule has 3 heteroatoms. The molecule has 1 amide bonds. The molecule has 0 aromatic heterocycles. The van der Waals surface area contributed by atoms with Gasteiger partial charge in [-0.25, -0.2) is 0 Å². The fourth-order valence-electron chi connectivity index (χ4n) is 3.35. The lowest BCUT2D eigenvalue weighted by Crippen LogP contribution is -2.42. The number of hydrogen-bond donors (Lipinski definition) is 0. The second-order valence-corrected chi connectivity index (χ2v) is 7.32. The molecule has 0 saturated carbocycles. The first-order valence-electron chi connectivity index (χ1n) is 8.17. The summed E-state index contributed by atoms with van der Waals surface area (Å²) in [5, 5.41) is 0. The van der Waals surface area contributed by atoms with Gasteiger partial charge in [0.25, 0.3) is 0 Å². The summed E-state index contributed by atoms with van der Waals surface area (Å²) in [6.07, 6.45) is 4.71. The Hall–Kier alpha value is -1.51. The lowest BCUT2D eigenvalue weighted by atomic mass is 9.92. The number of amides is 1. The van der Waals surface area contributed by atoms with Crippen molar-refractivity contribution in [3.8, 4) is 0 Å². The standard InChI is InChI=1S/C18H26N2O/c1-18(2,3)17(21)20-12-6-7-14-8-9-15(13-16(14)20)19-10-4-5-11-19/h8-9,13H,4-7,10-12H2,1-3H3. The SMILES string of the molecule is CC(C)(C)C(=O)N1CCCc2ccc(N3CCCC3)cc21. The summed E-state index contributed by atoms with van der Waals surface area (Å²) < 4.78 is 0. The van der Waals surface area contributed by atoms with E-state index in [4.69, 9.17) is 0 Å². The van der Waals surface area contributed by atoms with Crippen LogP contribution in [0.25, 0.3) is 0 Å². The molecule has 1 fully saturated rings. The van der Waals surface area contributed by atoms with Gasteiger partial charge in [0.2, 0.25) is 5.91 Å². The minimum atomic E-state index is -0.321. The van der Waals surface area contributed by atoms with Crippen LogP contribution < -0.4 is 9.80 Å². The Morgan fingerprint density at radius 1 is 1.05 bits per heavy atom. The van der Waals surface area contributed by atoms with E-state index in [-0.39, 0.29) is 11.3 Å². The van der Waals surface area contributed by atoms with Crippen LogP contribution in [0.2, 0.25) is 0 Å². The molecule has 1 saturated heterocycles. The number of fused-ring (bicyclic) bond motifs is 1. The van der Waals surface area contributed by atoms with E-state index in [0.29, 0.717) is 0 Å². The van der Waals surface area contributed by atoms with Crippen molar-refractivity contribution in [1.29, 1.82) is 0 Å². The third kappa shape index (κ3) is 2.78. The van der Waals surface area contributed by atoms with Crippen LogP contribution in [0, 0.1) is 5.41 Å². The molecule has 0 bridgehead atoms. The van der Waals surface area contributed by atoms with Gasteiger partial charge in [0, 0.05) is 36.4 Å². The molecule has 114 valence electrons. The summed E-state index contributed by atoms with van der Waals surface area (Å²) in [7, 11) is 0. The Morgan fingerprint density at radius 3 is 2.43 bits per heavy atom. The van der Waals surface area contributed by atoms with Crippen LogP contribution in [0.15, 0.2) is 18.2 Å². The molecule has 1 aromatic carbocycles. The van der Waals surface area contributed by atoms with E-state index in [2.05, 4.69) is 23.1 Å². The molecule has 0 unspecified atom stereocenters. The van der Waals surface area contributed by atoms with Crippen LogP contribution in [0.3, 0.4) is 0 Å². The predicted octanol–water partition coefficient (Wildman–Crippen LogP) is 3.61. The second kappa shape index (κ2) is 5.36. The Bertz CT molecular complexity index is 539. The summed E-state index contributed by atoms with van der Waals surface area (Å²) in [4.78, 5) is 17.2. The van der Waals surface area contributed by atoms with Crippen molar-refractivity contribution in [2.75, 3.05) is 29.4 Å². The summed E-state index contributed by atoms with van der Waals surface area (Å²) >= 11 is 0. The van der Waals surface area contributed by atoms with Crippen LogP contribution in [0.1, 0.15) is 45.6 Å². The molecule has 0 aliphatic carbocycles. The minimum Gasteiger partial charge on any atom is -0.371 e. The van der Waals surface area contributed by atoms with Crippen molar-refractivity contribution in [3.63, 3.8) is 0 Å². The minimum absolute atomic E-state index is 0.238. The number of carbonyl (C=O) groups is 1. The average molecular weight is 286 g/mol. The number of anilines is 2. The second-order valence-electron chi connectivity index (χ2n) is 7.32. The van der Waals surface area contributed by atoms with Gasteiger partial charge >= 0.3 is 0 Å². The summed E-state index contributed by atoms with van der Waals surface area (Å²) in [5.74, 6) is 0.238. The molecule has 3 rings (SSSR count). The third-order valence-corrected chi connectivity index (χ3v) is 4.55. The van der Waals surface area contributed by atoms with E-state index in [0.717, 1.165) is 38.2 Å². The van der Waals surface area contributed by atoms with Crippen molar-refractivity contribution in [3.05, 3.63) is 23.8 Å². The maximum atomic E-state index is 12.7. The van der Waals surface area contributed by atoms with Crippen LogP contribution in [0.4, 0.5) is 11.4 Å². The first kappa shape index (κ1) is 14.4. The van der Waals surface area contributed by atoms with Crippen molar-refractivity contribution < 1.29 is 4.79 Å². The van der Waals surface area contributed by atoms with Gasteiger partial charge in [-0.2, -0.15) is 0 Å². The van der Waals surface area contributed by atoms with Crippen LogP contribution in [-0.4, -0.2) is 25.5 Å². The van der Waals surface area contributed by atoms with E-state index in [1.165, 1.54) is 24.1 Å². The average Bonchev–Trinajstić information content (AvgIpc) is 2.98. The maximum Gasteiger partial charge on any atom is 0.232 e. The topological polar surface area (TPSA) is 23.6 Å². The Morgan fingerprint density at radius 2 is 1.76 bits per heavy atom. The van der Waals surface area contributed by atoms with Gasteiger partial charge in [0.05, 0.1) is 0 Å². The molecule has 1 aromatic rings. The maximum absolute atomic E-state index is 12.7. The van der Waals surface area contributed by atoms with E-state index in [1.807, 2.05) is 25.7 Å².